The molecule has 0 spiro atoms. The van der Waals surface area contributed by atoms with Gasteiger partial charge in [0, 0.05) is 23.4 Å². The molecule has 0 radical (unpaired) electrons. The van der Waals surface area contributed by atoms with Gasteiger partial charge in [-0.1, -0.05) is 18.2 Å². The molecule has 0 aliphatic rings. The number of methoxy groups -OCH3 is 3. The molecule has 0 aliphatic heterocycles. The Hall–Kier alpha value is -3.48. The van der Waals surface area contributed by atoms with Gasteiger partial charge in [0.2, 0.25) is 0 Å². The van der Waals surface area contributed by atoms with Gasteiger partial charge in [-0.3, -0.25) is 4.79 Å². The molecule has 7 nitrogen and oxygen atoms in total. The number of hydrogen-bond donors (Lipinski definition) is 1. The van der Waals surface area contributed by atoms with Crippen LogP contribution in [0.4, 0.5) is 5.69 Å². The van der Waals surface area contributed by atoms with Gasteiger partial charge in [0.05, 0.1) is 21.3 Å². The number of hydrogen-bond acceptors (Lipinski definition) is 6. The average Bonchev–Trinajstić information content (AvgIpc) is 2.72. The van der Waals surface area contributed by atoms with Crippen molar-refractivity contribution in [3.05, 3.63) is 53.1 Å². The molecule has 1 N–H and O–H groups in total. The van der Waals surface area contributed by atoms with Crippen LogP contribution in [0.25, 0.3) is 6.08 Å². The first-order chi connectivity index (χ1) is 13.9. The summed E-state index contributed by atoms with van der Waals surface area (Å²) in [6.07, 6.45) is 2.74. The summed E-state index contributed by atoms with van der Waals surface area (Å²) in [5.41, 5.74) is 3.19. The Bertz CT molecular complexity index is 900. The third-order valence-electron chi connectivity index (χ3n) is 4.23. The minimum absolute atomic E-state index is 0.389. The highest BCUT2D eigenvalue weighted by Gasteiger charge is 2.12. The van der Waals surface area contributed by atoms with E-state index in [0.717, 1.165) is 16.8 Å². The Morgan fingerprint density at radius 1 is 0.931 bits per heavy atom. The highest BCUT2D eigenvalue weighted by atomic mass is 16.5. The molecule has 0 saturated carbocycles. The molecule has 0 bridgehead atoms. The monoisotopic (exact) mass is 399 g/mol. The number of nitrogens with one attached hydrogen (secondary N) is 1. The van der Waals surface area contributed by atoms with E-state index in [2.05, 4.69) is 5.32 Å². The maximum Gasteiger partial charge on any atom is 0.331 e. The van der Waals surface area contributed by atoms with Crippen LogP contribution < -0.4 is 19.5 Å². The lowest BCUT2D eigenvalue weighted by Crippen LogP contribution is -2.21. The number of carbonyl (C=O) groups is 2. The first kappa shape index (κ1) is 21.8. The molecule has 0 aliphatic carbocycles. The van der Waals surface area contributed by atoms with Gasteiger partial charge in [0.15, 0.2) is 18.1 Å². The largest absolute Gasteiger partial charge is 0.496 e. The Kier molecular flexibility index (Phi) is 7.65. The van der Waals surface area contributed by atoms with E-state index in [-0.39, 0.29) is 6.61 Å². The highest BCUT2D eigenvalue weighted by molar-refractivity contribution is 5.95. The van der Waals surface area contributed by atoms with E-state index in [9.17, 15) is 9.59 Å². The Balaban J connectivity index is 2.00. The minimum atomic E-state index is -0.654. The number of esters is 1. The lowest BCUT2D eigenvalue weighted by Gasteiger charge is -2.12. The number of amides is 1. The standard InChI is InChI=1S/C22H25NO6/c1-14-7-6-8-15(2)22(14)23-20(24)13-29-21(25)10-9-16-11-18(27-4)19(28-5)12-17(16)26-3/h6-12H,13H2,1-5H3,(H,23,24)/b10-9+. The molecule has 0 fully saturated rings. The second-order valence-electron chi connectivity index (χ2n) is 6.21. The summed E-state index contributed by atoms with van der Waals surface area (Å²) in [4.78, 5) is 24.1. The Morgan fingerprint density at radius 3 is 2.10 bits per heavy atom. The van der Waals surface area contributed by atoms with E-state index in [1.807, 2.05) is 32.0 Å². The molecular formula is C22H25NO6. The van der Waals surface area contributed by atoms with Crippen LogP contribution >= 0.6 is 0 Å². The number of anilines is 1. The topological polar surface area (TPSA) is 83.1 Å². The summed E-state index contributed by atoms with van der Waals surface area (Å²) in [5.74, 6) is 0.437. The van der Waals surface area contributed by atoms with Crippen molar-refractivity contribution in [1.82, 2.24) is 0 Å². The Labute approximate surface area is 170 Å². The van der Waals surface area contributed by atoms with Crippen molar-refractivity contribution in [2.24, 2.45) is 0 Å². The predicted molar refractivity (Wildman–Crippen MR) is 111 cm³/mol. The number of benzene rings is 2. The normalized spacial score (nSPS) is 10.5. The van der Waals surface area contributed by atoms with Crippen LogP contribution in [0.5, 0.6) is 17.2 Å². The smallest absolute Gasteiger partial charge is 0.331 e. The lowest BCUT2D eigenvalue weighted by molar-refractivity contribution is -0.142. The predicted octanol–water partition coefficient (Wildman–Crippen LogP) is 3.52. The van der Waals surface area contributed by atoms with E-state index in [1.165, 1.54) is 33.5 Å². The van der Waals surface area contributed by atoms with Crippen LogP contribution in [0.3, 0.4) is 0 Å². The number of ether oxygens (including phenoxy) is 4. The van der Waals surface area contributed by atoms with Gasteiger partial charge in [-0.15, -0.1) is 0 Å². The quantitative estimate of drug-likeness (QED) is 0.540. The van der Waals surface area contributed by atoms with E-state index in [1.54, 1.807) is 12.1 Å². The van der Waals surface area contributed by atoms with E-state index < -0.39 is 11.9 Å². The van der Waals surface area contributed by atoms with E-state index in [4.69, 9.17) is 18.9 Å². The molecular weight excluding hydrogens is 374 g/mol. The van der Waals surface area contributed by atoms with Crippen molar-refractivity contribution in [3.63, 3.8) is 0 Å². The fourth-order valence-electron chi connectivity index (χ4n) is 2.71. The Morgan fingerprint density at radius 2 is 1.52 bits per heavy atom. The zero-order chi connectivity index (χ0) is 21.4. The van der Waals surface area contributed by atoms with Crippen LogP contribution in [-0.4, -0.2) is 39.8 Å². The van der Waals surface area contributed by atoms with Crippen LogP contribution in [-0.2, 0) is 14.3 Å². The fourth-order valence-corrected chi connectivity index (χ4v) is 2.71. The molecule has 0 atom stereocenters. The van der Waals surface area contributed by atoms with E-state index in [0.29, 0.717) is 22.8 Å². The number of para-hydroxylation sites is 1. The van der Waals surface area contributed by atoms with Gasteiger partial charge in [-0.2, -0.15) is 0 Å². The second kappa shape index (κ2) is 10.2. The minimum Gasteiger partial charge on any atom is -0.496 e. The molecule has 154 valence electrons. The highest BCUT2D eigenvalue weighted by Crippen LogP contribution is 2.35. The third-order valence-corrected chi connectivity index (χ3v) is 4.23. The molecule has 2 aromatic carbocycles. The maximum absolute atomic E-state index is 12.1. The van der Waals surface area contributed by atoms with Gasteiger partial charge >= 0.3 is 5.97 Å². The molecule has 2 aromatic rings. The van der Waals surface area contributed by atoms with Crippen molar-refractivity contribution >= 4 is 23.6 Å². The molecule has 2 rings (SSSR count). The van der Waals surface area contributed by atoms with Crippen molar-refractivity contribution in [2.75, 3.05) is 33.3 Å². The average molecular weight is 399 g/mol. The van der Waals surface area contributed by atoms with Crippen molar-refractivity contribution in [1.29, 1.82) is 0 Å². The van der Waals surface area contributed by atoms with Gasteiger partial charge in [0.25, 0.3) is 5.91 Å². The SMILES string of the molecule is COc1cc(OC)c(OC)cc1/C=C/C(=O)OCC(=O)Nc1c(C)cccc1C. The third kappa shape index (κ3) is 5.75. The lowest BCUT2D eigenvalue weighted by atomic mass is 10.1. The van der Waals surface area contributed by atoms with Gasteiger partial charge in [-0.05, 0) is 37.1 Å². The van der Waals surface area contributed by atoms with Gasteiger partial charge in [0.1, 0.15) is 5.75 Å². The number of carbonyl (C=O) groups excluding carboxylic acids is 2. The van der Waals surface area contributed by atoms with Crippen LogP contribution in [0.2, 0.25) is 0 Å². The first-order valence-electron chi connectivity index (χ1n) is 8.90. The molecule has 0 unspecified atom stereocenters. The fraction of sp³-hybridized carbons (Fsp3) is 0.273. The number of aryl methyl sites for hydroxylation is 2. The zero-order valence-corrected chi connectivity index (χ0v) is 17.2. The molecule has 7 heteroatoms. The summed E-state index contributed by atoms with van der Waals surface area (Å²) in [5, 5.41) is 2.76. The summed E-state index contributed by atoms with van der Waals surface area (Å²) < 4.78 is 20.8. The summed E-state index contributed by atoms with van der Waals surface area (Å²) in [6.45, 7) is 3.40. The van der Waals surface area contributed by atoms with Crippen molar-refractivity contribution in [2.45, 2.75) is 13.8 Å². The molecule has 0 aromatic heterocycles. The summed E-state index contributed by atoms with van der Waals surface area (Å²) >= 11 is 0. The van der Waals surface area contributed by atoms with Gasteiger partial charge in [-0.25, -0.2) is 4.79 Å². The van der Waals surface area contributed by atoms with Crippen molar-refractivity contribution < 1.29 is 28.5 Å². The molecule has 1 amide bonds. The van der Waals surface area contributed by atoms with Crippen molar-refractivity contribution in [3.8, 4) is 17.2 Å². The molecule has 0 heterocycles. The second-order valence-corrected chi connectivity index (χ2v) is 6.21. The van der Waals surface area contributed by atoms with E-state index >= 15 is 0 Å². The first-order valence-corrected chi connectivity index (χ1v) is 8.90. The van der Waals surface area contributed by atoms with Crippen LogP contribution in [0, 0.1) is 13.8 Å². The summed E-state index contributed by atoms with van der Waals surface area (Å²) in [6, 6.07) is 9.03. The molecule has 0 saturated heterocycles. The number of rotatable bonds is 8. The zero-order valence-electron chi connectivity index (χ0n) is 17.2. The van der Waals surface area contributed by atoms with Crippen LogP contribution in [0.1, 0.15) is 16.7 Å². The molecule has 29 heavy (non-hydrogen) atoms. The van der Waals surface area contributed by atoms with Crippen LogP contribution in [0.15, 0.2) is 36.4 Å². The summed E-state index contributed by atoms with van der Waals surface area (Å²) in [7, 11) is 4.54. The van der Waals surface area contributed by atoms with Gasteiger partial charge < -0.3 is 24.3 Å². The maximum atomic E-state index is 12.1.